The van der Waals surface area contributed by atoms with Crippen molar-refractivity contribution in [1.29, 1.82) is 5.26 Å². The Labute approximate surface area is 108 Å². The third kappa shape index (κ3) is 2.67. The predicted octanol–water partition coefficient (Wildman–Crippen LogP) is 0.457. The Hall–Kier alpha value is -0.680. The van der Waals surface area contributed by atoms with E-state index in [9.17, 15) is 8.42 Å². The van der Waals surface area contributed by atoms with Crippen LogP contribution in [0.1, 0.15) is 25.7 Å². The van der Waals surface area contributed by atoms with E-state index in [0.717, 1.165) is 0 Å². The summed E-state index contributed by atoms with van der Waals surface area (Å²) >= 11 is 0. The Balaban J connectivity index is 1.95. The van der Waals surface area contributed by atoms with Crippen molar-refractivity contribution in [3.8, 4) is 6.07 Å². The van der Waals surface area contributed by atoms with E-state index in [2.05, 4.69) is 0 Å². The molecule has 1 saturated carbocycles. The summed E-state index contributed by atoms with van der Waals surface area (Å²) < 4.78 is 36.1. The van der Waals surface area contributed by atoms with Gasteiger partial charge in [-0.2, -0.15) is 5.26 Å². The average Bonchev–Trinajstić information content (AvgIpc) is 2.78. The molecule has 0 radical (unpaired) electrons. The quantitative estimate of drug-likeness (QED) is 0.747. The second kappa shape index (κ2) is 5.13. The zero-order chi connectivity index (χ0) is 13.2. The molecule has 0 unspecified atom stereocenters. The normalized spacial score (nSPS) is 24.5. The second-order valence-corrected chi connectivity index (χ2v) is 6.80. The largest absolute Gasteiger partial charge is 0.348 e. The fraction of sp³-hybridized carbons (Fsp3) is 0.909. The number of sulfonamides is 1. The first-order valence-corrected chi connectivity index (χ1v) is 7.71. The summed E-state index contributed by atoms with van der Waals surface area (Å²) in [5, 5.41) is 8.52. The monoisotopic (exact) mass is 274 g/mol. The fourth-order valence-corrected chi connectivity index (χ4v) is 3.63. The van der Waals surface area contributed by atoms with Gasteiger partial charge in [-0.3, -0.25) is 0 Å². The van der Waals surface area contributed by atoms with E-state index in [4.69, 9.17) is 14.7 Å². The van der Waals surface area contributed by atoms with Gasteiger partial charge in [0.1, 0.15) is 0 Å². The first-order chi connectivity index (χ1) is 8.49. The highest BCUT2D eigenvalue weighted by Gasteiger charge is 2.42. The molecule has 0 aromatic carbocycles. The van der Waals surface area contributed by atoms with Crippen LogP contribution in [0.2, 0.25) is 0 Å². The van der Waals surface area contributed by atoms with Crippen molar-refractivity contribution >= 4 is 10.0 Å². The molecule has 2 fully saturated rings. The minimum absolute atomic E-state index is 0.0539. The Kier molecular flexibility index (Phi) is 3.92. The van der Waals surface area contributed by atoms with Crippen LogP contribution in [0.3, 0.4) is 0 Å². The molecule has 0 amide bonds. The van der Waals surface area contributed by atoms with Crippen LogP contribution in [0.15, 0.2) is 0 Å². The molecule has 1 heterocycles. The zero-order valence-corrected chi connectivity index (χ0v) is 11.3. The molecule has 18 heavy (non-hydrogen) atoms. The molecular formula is C11H18N2O4S. The van der Waals surface area contributed by atoms with E-state index in [-0.39, 0.29) is 6.04 Å². The summed E-state index contributed by atoms with van der Waals surface area (Å²) in [6.07, 6.45) is 2.84. The molecule has 7 heteroatoms. The van der Waals surface area contributed by atoms with Crippen LogP contribution in [0.5, 0.6) is 0 Å². The van der Waals surface area contributed by atoms with E-state index >= 15 is 0 Å². The topological polar surface area (TPSA) is 79.6 Å². The van der Waals surface area contributed by atoms with Gasteiger partial charge in [0.15, 0.2) is 11.5 Å². The maximum atomic E-state index is 11.8. The van der Waals surface area contributed by atoms with Crippen molar-refractivity contribution in [3.63, 3.8) is 0 Å². The van der Waals surface area contributed by atoms with Gasteiger partial charge in [0, 0.05) is 25.9 Å². The van der Waals surface area contributed by atoms with Crippen LogP contribution >= 0.6 is 0 Å². The SMILES string of the molecule is CN(C1CCC2(CC1)OCCO2)S(=O)(=O)CC#N. The molecule has 0 aromatic heterocycles. The lowest BCUT2D eigenvalue weighted by molar-refractivity contribution is -0.181. The van der Waals surface area contributed by atoms with Crippen molar-refractivity contribution in [2.24, 2.45) is 0 Å². The number of nitriles is 1. The molecule has 0 atom stereocenters. The smallest absolute Gasteiger partial charge is 0.227 e. The van der Waals surface area contributed by atoms with Crippen LogP contribution in [0.4, 0.5) is 0 Å². The van der Waals surface area contributed by atoms with Gasteiger partial charge in [0.2, 0.25) is 10.0 Å². The summed E-state index contributed by atoms with van der Waals surface area (Å²) in [4.78, 5) is 0. The summed E-state index contributed by atoms with van der Waals surface area (Å²) in [6, 6.07) is 1.64. The summed E-state index contributed by atoms with van der Waals surface area (Å²) in [5.41, 5.74) is 0. The minimum atomic E-state index is -3.45. The molecule has 1 saturated heterocycles. The highest BCUT2D eigenvalue weighted by atomic mass is 32.2. The fourth-order valence-electron chi connectivity index (χ4n) is 2.60. The molecule has 102 valence electrons. The standard InChI is InChI=1S/C11H18N2O4S/c1-13(18(14,15)9-6-12)10-2-4-11(5-3-10)16-7-8-17-11/h10H,2-5,7-9H2,1H3. The molecular weight excluding hydrogens is 256 g/mol. The minimum Gasteiger partial charge on any atom is -0.348 e. The molecule has 0 bridgehead atoms. The Morgan fingerprint density at radius 2 is 1.89 bits per heavy atom. The van der Waals surface area contributed by atoms with Gasteiger partial charge in [-0.05, 0) is 12.8 Å². The Morgan fingerprint density at radius 1 is 1.33 bits per heavy atom. The van der Waals surface area contributed by atoms with Crippen molar-refractivity contribution < 1.29 is 17.9 Å². The Bertz CT molecular complexity index is 426. The molecule has 1 aliphatic heterocycles. The van der Waals surface area contributed by atoms with Crippen molar-refractivity contribution in [1.82, 2.24) is 4.31 Å². The molecule has 2 aliphatic rings. The van der Waals surface area contributed by atoms with Gasteiger partial charge in [0.25, 0.3) is 0 Å². The third-order valence-electron chi connectivity index (χ3n) is 3.73. The van der Waals surface area contributed by atoms with Crippen molar-refractivity contribution in [2.75, 3.05) is 26.0 Å². The second-order valence-electron chi connectivity index (χ2n) is 4.77. The van der Waals surface area contributed by atoms with Crippen LogP contribution in [0.25, 0.3) is 0 Å². The number of hydrogen-bond donors (Lipinski definition) is 0. The molecule has 1 aliphatic carbocycles. The molecule has 6 nitrogen and oxygen atoms in total. The van der Waals surface area contributed by atoms with Gasteiger partial charge in [0.05, 0.1) is 19.3 Å². The molecule has 0 aromatic rings. The predicted molar refractivity (Wildman–Crippen MR) is 64.1 cm³/mol. The van der Waals surface area contributed by atoms with Crippen LogP contribution < -0.4 is 0 Å². The van der Waals surface area contributed by atoms with Gasteiger partial charge >= 0.3 is 0 Å². The van der Waals surface area contributed by atoms with Crippen LogP contribution in [-0.2, 0) is 19.5 Å². The van der Waals surface area contributed by atoms with E-state index < -0.39 is 21.6 Å². The molecule has 2 rings (SSSR count). The van der Waals surface area contributed by atoms with Crippen LogP contribution in [0, 0.1) is 11.3 Å². The lowest BCUT2D eigenvalue weighted by Gasteiger charge is -2.38. The highest BCUT2D eigenvalue weighted by Crippen LogP contribution is 2.37. The average molecular weight is 274 g/mol. The number of nitrogens with zero attached hydrogens (tertiary/aromatic N) is 2. The van der Waals surface area contributed by atoms with Crippen LogP contribution in [-0.4, -0.2) is 50.6 Å². The van der Waals surface area contributed by atoms with Gasteiger partial charge in [-0.25, -0.2) is 12.7 Å². The third-order valence-corrected chi connectivity index (χ3v) is 5.40. The van der Waals surface area contributed by atoms with Crippen molar-refractivity contribution in [3.05, 3.63) is 0 Å². The Morgan fingerprint density at radius 3 is 2.39 bits per heavy atom. The van der Waals surface area contributed by atoms with E-state index in [1.165, 1.54) is 4.31 Å². The summed E-state index contributed by atoms with van der Waals surface area (Å²) in [7, 11) is -1.91. The lowest BCUT2D eigenvalue weighted by atomic mass is 9.90. The first-order valence-electron chi connectivity index (χ1n) is 6.10. The lowest BCUT2D eigenvalue weighted by Crippen LogP contribution is -2.45. The first kappa shape index (κ1) is 13.7. The molecule has 1 spiro atoms. The highest BCUT2D eigenvalue weighted by molar-refractivity contribution is 7.89. The van der Waals surface area contributed by atoms with E-state index in [0.29, 0.717) is 38.9 Å². The van der Waals surface area contributed by atoms with Gasteiger partial charge < -0.3 is 9.47 Å². The maximum Gasteiger partial charge on any atom is 0.227 e. The summed E-state index contributed by atoms with van der Waals surface area (Å²) in [5.74, 6) is -0.936. The van der Waals surface area contributed by atoms with E-state index in [1.54, 1.807) is 13.1 Å². The molecule has 0 N–H and O–H groups in total. The number of hydrogen-bond acceptors (Lipinski definition) is 5. The van der Waals surface area contributed by atoms with Gasteiger partial charge in [-0.1, -0.05) is 0 Å². The number of rotatable bonds is 3. The van der Waals surface area contributed by atoms with Gasteiger partial charge in [-0.15, -0.1) is 0 Å². The zero-order valence-electron chi connectivity index (χ0n) is 10.5. The number of ether oxygens (including phenoxy) is 2. The maximum absolute atomic E-state index is 11.8. The van der Waals surface area contributed by atoms with E-state index in [1.807, 2.05) is 0 Å². The summed E-state index contributed by atoms with van der Waals surface area (Å²) in [6.45, 7) is 1.24. The van der Waals surface area contributed by atoms with Crippen molar-refractivity contribution in [2.45, 2.75) is 37.5 Å².